The molecular weight excluding hydrogens is 491 g/mol. The SMILES string of the molecule is Cc1cc(OCC(F)(F)F)cnc1C(=O)Cc1cc(F)c(F)c([C@@]2(C)N=C(N)S[C@@]3(C#N)C[C@H]32)c1. The van der Waals surface area contributed by atoms with E-state index in [-0.39, 0.29) is 45.6 Å². The van der Waals surface area contributed by atoms with Gasteiger partial charge in [0.05, 0.1) is 17.8 Å². The molecule has 0 unspecified atom stereocenters. The van der Waals surface area contributed by atoms with E-state index < -0.39 is 40.5 Å². The van der Waals surface area contributed by atoms with Gasteiger partial charge < -0.3 is 10.5 Å². The van der Waals surface area contributed by atoms with Crippen LogP contribution in [-0.4, -0.2) is 33.5 Å². The van der Waals surface area contributed by atoms with Crippen LogP contribution in [0.5, 0.6) is 5.75 Å². The van der Waals surface area contributed by atoms with Crippen LogP contribution in [0.2, 0.25) is 0 Å². The molecule has 1 saturated carbocycles. The van der Waals surface area contributed by atoms with Gasteiger partial charge in [-0.15, -0.1) is 0 Å². The van der Waals surface area contributed by atoms with Crippen LogP contribution in [0.15, 0.2) is 29.4 Å². The molecule has 1 aliphatic carbocycles. The number of carbonyl (C=O) groups is 1. The number of ketones is 1. The van der Waals surface area contributed by atoms with Gasteiger partial charge in [0, 0.05) is 17.9 Å². The summed E-state index contributed by atoms with van der Waals surface area (Å²) in [6.45, 7) is 1.56. The fourth-order valence-electron chi connectivity index (χ4n) is 4.39. The molecule has 1 fully saturated rings. The van der Waals surface area contributed by atoms with E-state index >= 15 is 0 Å². The lowest BCUT2D eigenvalue weighted by molar-refractivity contribution is -0.153. The highest BCUT2D eigenvalue weighted by Crippen LogP contribution is 2.65. The summed E-state index contributed by atoms with van der Waals surface area (Å²) < 4.78 is 70.3. The summed E-state index contributed by atoms with van der Waals surface area (Å²) in [6.07, 6.45) is -3.47. The van der Waals surface area contributed by atoms with Crippen molar-refractivity contribution >= 4 is 22.7 Å². The summed E-state index contributed by atoms with van der Waals surface area (Å²) >= 11 is 1.10. The van der Waals surface area contributed by atoms with Gasteiger partial charge in [0.2, 0.25) is 0 Å². The van der Waals surface area contributed by atoms with Crippen LogP contribution in [0.3, 0.4) is 0 Å². The van der Waals surface area contributed by atoms with E-state index in [9.17, 15) is 32.0 Å². The normalized spacial score (nSPS) is 25.3. The van der Waals surface area contributed by atoms with Crippen LogP contribution < -0.4 is 10.5 Å². The molecule has 2 aromatic rings. The number of nitrogens with two attached hydrogens (primary N) is 1. The summed E-state index contributed by atoms with van der Waals surface area (Å²) in [7, 11) is 0. The van der Waals surface area contributed by atoms with E-state index in [2.05, 4.69) is 20.8 Å². The van der Waals surface area contributed by atoms with Gasteiger partial charge in [-0.05, 0) is 49.6 Å². The topological polar surface area (TPSA) is 101 Å². The van der Waals surface area contributed by atoms with E-state index in [4.69, 9.17) is 5.73 Å². The number of aromatic nitrogens is 1. The second kappa shape index (κ2) is 8.48. The number of aryl methyl sites for hydroxylation is 1. The van der Waals surface area contributed by atoms with Crippen LogP contribution >= 0.6 is 11.8 Å². The molecule has 0 saturated heterocycles. The Labute approximate surface area is 201 Å². The molecule has 2 heterocycles. The third-order valence-corrected chi connectivity index (χ3v) is 7.33. The summed E-state index contributed by atoms with van der Waals surface area (Å²) in [5, 5.41) is 9.66. The molecule has 0 bridgehead atoms. The van der Waals surface area contributed by atoms with Crippen LogP contribution in [0, 0.1) is 35.8 Å². The Kier molecular flexibility index (Phi) is 6.03. The lowest BCUT2D eigenvalue weighted by Crippen LogP contribution is -2.35. The van der Waals surface area contributed by atoms with Gasteiger partial charge in [-0.3, -0.25) is 9.79 Å². The summed E-state index contributed by atoms with van der Waals surface area (Å²) in [4.78, 5) is 21.1. The number of thioether (sulfide) groups is 1. The third kappa shape index (κ3) is 4.69. The Hall–Kier alpha value is -3.20. The van der Waals surface area contributed by atoms with Crippen molar-refractivity contribution in [2.24, 2.45) is 16.6 Å². The number of halogens is 5. The zero-order valence-electron chi connectivity index (χ0n) is 18.5. The molecule has 2 N–H and O–H groups in total. The second-order valence-electron chi connectivity index (χ2n) is 8.74. The molecular formula is C23H19F5N4O2S. The highest BCUT2D eigenvalue weighted by Gasteiger charge is 2.67. The Bertz CT molecular complexity index is 1290. The number of pyridine rings is 1. The maximum absolute atomic E-state index is 14.9. The van der Waals surface area contributed by atoms with E-state index in [1.165, 1.54) is 19.1 Å². The lowest BCUT2D eigenvalue weighted by Gasteiger charge is -2.32. The molecule has 1 aromatic heterocycles. The molecule has 0 spiro atoms. The Morgan fingerprint density at radius 2 is 2.06 bits per heavy atom. The predicted octanol–water partition coefficient (Wildman–Crippen LogP) is 4.59. The number of benzene rings is 1. The van der Waals surface area contributed by atoms with Crippen molar-refractivity contribution in [1.29, 1.82) is 5.26 Å². The fourth-order valence-corrected chi connectivity index (χ4v) is 5.67. The van der Waals surface area contributed by atoms with Crippen molar-refractivity contribution in [2.75, 3.05) is 6.61 Å². The van der Waals surface area contributed by atoms with Crippen molar-refractivity contribution in [3.05, 3.63) is 58.4 Å². The van der Waals surface area contributed by atoms with Gasteiger partial charge in [-0.25, -0.2) is 13.8 Å². The largest absolute Gasteiger partial charge is 0.482 e. The van der Waals surface area contributed by atoms with Crippen molar-refractivity contribution in [3.8, 4) is 11.8 Å². The van der Waals surface area contributed by atoms with Crippen LogP contribution in [0.4, 0.5) is 22.0 Å². The van der Waals surface area contributed by atoms with Gasteiger partial charge in [0.1, 0.15) is 16.2 Å². The fraction of sp³-hybridized carbons (Fsp3) is 0.391. The van der Waals surface area contributed by atoms with Crippen molar-refractivity contribution in [2.45, 2.75) is 43.2 Å². The van der Waals surface area contributed by atoms with Crippen LogP contribution in [0.25, 0.3) is 0 Å². The molecule has 1 aliphatic heterocycles. The minimum Gasteiger partial charge on any atom is -0.482 e. The van der Waals surface area contributed by atoms with Crippen LogP contribution in [-0.2, 0) is 12.0 Å². The first-order valence-electron chi connectivity index (χ1n) is 10.4. The minimum absolute atomic E-state index is 0.0381. The molecule has 0 radical (unpaired) electrons. The molecule has 184 valence electrons. The second-order valence-corrected chi connectivity index (χ2v) is 10.1. The Morgan fingerprint density at radius 1 is 1.34 bits per heavy atom. The Morgan fingerprint density at radius 3 is 2.69 bits per heavy atom. The molecule has 2 aliphatic rings. The number of carbonyl (C=O) groups excluding carboxylic acids is 1. The number of nitriles is 1. The third-order valence-electron chi connectivity index (χ3n) is 6.12. The quantitative estimate of drug-likeness (QED) is 0.451. The molecule has 35 heavy (non-hydrogen) atoms. The van der Waals surface area contributed by atoms with Crippen molar-refractivity contribution in [3.63, 3.8) is 0 Å². The highest BCUT2D eigenvalue weighted by atomic mass is 32.2. The number of nitrogens with zero attached hydrogens (tertiary/aromatic N) is 3. The monoisotopic (exact) mass is 510 g/mol. The van der Waals surface area contributed by atoms with Crippen molar-refractivity contribution < 1.29 is 31.5 Å². The van der Waals surface area contributed by atoms with Crippen LogP contribution in [0.1, 0.15) is 40.5 Å². The standard InChI is InChI=1S/C23H19F5N4O2S/c1-11-3-13(34-10-23(26,27)28)8-31-19(11)16(33)6-12-4-14(18(25)15(24)5-12)21(2)17-7-22(17,9-29)35-20(30)32-21/h3-5,8,17H,6-7,10H2,1-2H3,(H2,30,32)/t17-,21+,22+/m0/s1. The number of rotatable bonds is 6. The van der Waals surface area contributed by atoms with E-state index in [1.807, 2.05) is 0 Å². The Balaban J connectivity index is 1.60. The summed E-state index contributed by atoms with van der Waals surface area (Å²) in [6, 6.07) is 5.66. The average molecular weight is 510 g/mol. The van der Waals surface area contributed by atoms with Crippen molar-refractivity contribution in [1.82, 2.24) is 4.98 Å². The maximum atomic E-state index is 14.9. The number of hydrogen-bond donors (Lipinski definition) is 1. The summed E-state index contributed by atoms with van der Waals surface area (Å²) in [5.74, 6) is -3.40. The number of ether oxygens (including phenoxy) is 1. The first-order valence-corrected chi connectivity index (χ1v) is 11.2. The number of Topliss-reactive ketones (excluding diaryl/α,β-unsaturated/α-hetero) is 1. The number of aliphatic imine (C=N–C) groups is 1. The van der Waals surface area contributed by atoms with Gasteiger partial charge in [-0.2, -0.15) is 18.4 Å². The number of hydrogen-bond acceptors (Lipinski definition) is 7. The number of fused-ring (bicyclic) bond motifs is 1. The summed E-state index contributed by atoms with van der Waals surface area (Å²) in [5.41, 5.74) is 4.88. The van der Waals surface area contributed by atoms with Gasteiger partial charge in [0.15, 0.2) is 29.2 Å². The molecule has 6 nitrogen and oxygen atoms in total. The molecule has 1 aromatic carbocycles. The number of alkyl halides is 3. The lowest BCUT2D eigenvalue weighted by atomic mass is 9.84. The first kappa shape index (κ1) is 24.9. The molecule has 3 atom stereocenters. The smallest absolute Gasteiger partial charge is 0.422 e. The van der Waals surface area contributed by atoms with E-state index in [0.29, 0.717) is 6.42 Å². The zero-order valence-corrected chi connectivity index (χ0v) is 19.4. The van der Waals surface area contributed by atoms with E-state index in [0.717, 1.165) is 24.0 Å². The minimum atomic E-state index is -4.53. The molecule has 0 amide bonds. The molecule has 12 heteroatoms. The van der Waals surface area contributed by atoms with E-state index in [1.54, 1.807) is 6.92 Å². The first-order chi connectivity index (χ1) is 16.3. The zero-order chi connectivity index (χ0) is 25.8. The van der Waals surface area contributed by atoms with Gasteiger partial charge in [0.25, 0.3) is 0 Å². The number of amidine groups is 1. The van der Waals surface area contributed by atoms with Gasteiger partial charge >= 0.3 is 6.18 Å². The maximum Gasteiger partial charge on any atom is 0.422 e. The highest BCUT2D eigenvalue weighted by molar-refractivity contribution is 8.15. The van der Waals surface area contributed by atoms with Gasteiger partial charge in [-0.1, -0.05) is 11.8 Å². The molecule has 4 rings (SSSR count). The average Bonchev–Trinajstić information content (AvgIpc) is 3.50. The predicted molar refractivity (Wildman–Crippen MR) is 118 cm³/mol.